The van der Waals surface area contributed by atoms with Gasteiger partial charge in [0, 0.05) is 5.69 Å². The number of fused-ring (bicyclic) bond motifs is 7. The van der Waals surface area contributed by atoms with E-state index in [4.69, 9.17) is 9.47 Å². The van der Waals surface area contributed by atoms with Gasteiger partial charge in [-0.1, -0.05) is 126 Å². The van der Waals surface area contributed by atoms with Gasteiger partial charge in [0.25, 0.3) is 13.4 Å². The van der Waals surface area contributed by atoms with E-state index in [9.17, 15) is 0 Å². The summed E-state index contributed by atoms with van der Waals surface area (Å²) < 4.78 is 21.4. The fraction of sp³-hybridized carbons (Fsp3) is 0. The third kappa shape index (κ3) is 3.25. The average Bonchev–Trinajstić information content (AvgIpc) is 3.27. The summed E-state index contributed by atoms with van der Waals surface area (Å²) >= 11 is 0. The lowest BCUT2D eigenvalue weighted by Crippen LogP contribution is -2.66. The summed E-state index contributed by atoms with van der Waals surface area (Å²) in [5.74, 6) is 1.68. The molecule has 7 heteroatoms. The Labute approximate surface area is 271 Å². The Hall–Kier alpha value is -6.07. The second-order valence-corrected chi connectivity index (χ2v) is 12.5. The Morgan fingerprint density at radius 2 is 0.809 bits per heavy atom. The van der Waals surface area contributed by atoms with Gasteiger partial charge in [-0.15, -0.1) is 0 Å². The van der Waals surface area contributed by atoms with Crippen molar-refractivity contribution in [2.75, 3.05) is 0 Å². The minimum Gasteiger partial charge on any atom is -0.465 e. The van der Waals surface area contributed by atoms with Gasteiger partial charge >= 0.3 is 0 Å². The van der Waals surface area contributed by atoms with Crippen LogP contribution in [0.2, 0.25) is 0 Å². The van der Waals surface area contributed by atoms with E-state index in [1.807, 2.05) is 0 Å². The molecule has 0 fully saturated rings. The fourth-order valence-electron chi connectivity index (χ4n) is 8.21. The first-order valence-corrected chi connectivity index (χ1v) is 16.1. The van der Waals surface area contributed by atoms with Crippen molar-refractivity contribution in [3.05, 3.63) is 163 Å². The number of hydrogen-bond acceptors (Lipinski definition) is 2. The first-order chi connectivity index (χ1) is 23.4. The van der Waals surface area contributed by atoms with Crippen LogP contribution >= 0.6 is 0 Å². The molecule has 0 N–H and O–H groups in total. The van der Waals surface area contributed by atoms with Gasteiger partial charge in [0.2, 0.25) is 0 Å². The number of benzene rings is 6. The van der Waals surface area contributed by atoms with Crippen LogP contribution in [0.4, 0.5) is 0 Å². The molecule has 4 aliphatic heterocycles. The van der Waals surface area contributed by atoms with E-state index < -0.39 is 0 Å². The normalized spacial score (nSPS) is 14.1. The Morgan fingerprint density at radius 3 is 1.30 bits per heavy atom. The third-order valence-electron chi connectivity index (χ3n) is 10.0. The number of rotatable bonds is 2. The summed E-state index contributed by atoms with van der Waals surface area (Å²) in [6, 6.07) is 53.8. The molecular formula is C40H25B2N3O2. The predicted molar refractivity (Wildman–Crippen MR) is 190 cm³/mol. The average molecular weight is 601 g/mol. The molecule has 11 rings (SSSR count). The summed E-state index contributed by atoms with van der Waals surface area (Å²) in [5, 5.41) is 0. The van der Waals surface area contributed by atoms with Gasteiger partial charge in [-0.05, 0) is 47.3 Å². The topological polar surface area (TPSA) is 33.2 Å². The van der Waals surface area contributed by atoms with E-state index in [0.29, 0.717) is 0 Å². The van der Waals surface area contributed by atoms with Crippen molar-refractivity contribution in [2.45, 2.75) is 0 Å². The molecule has 47 heavy (non-hydrogen) atoms. The lowest BCUT2D eigenvalue weighted by atomic mass is 9.34. The fourth-order valence-corrected chi connectivity index (χ4v) is 8.21. The van der Waals surface area contributed by atoms with Gasteiger partial charge in [0.1, 0.15) is 22.8 Å². The van der Waals surface area contributed by atoms with Crippen molar-refractivity contribution in [1.82, 2.24) is 13.7 Å². The van der Waals surface area contributed by atoms with Crippen LogP contribution in [0, 0.1) is 0 Å². The van der Waals surface area contributed by atoms with Crippen molar-refractivity contribution in [2.24, 2.45) is 0 Å². The Morgan fingerprint density at radius 1 is 0.383 bits per heavy atom. The molecule has 218 valence electrons. The molecule has 7 aromatic rings. The van der Waals surface area contributed by atoms with Crippen LogP contribution in [0.15, 0.2) is 152 Å². The van der Waals surface area contributed by atoms with Crippen LogP contribution < -0.4 is 42.3 Å². The lowest BCUT2D eigenvalue weighted by Gasteiger charge is -2.37. The highest BCUT2D eigenvalue weighted by molar-refractivity contribution is 7.02. The summed E-state index contributed by atoms with van der Waals surface area (Å²) in [4.78, 5) is 0. The number of hydrogen-bond donors (Lipinski definition) is 0. The van der Waals surface area contributed by atoms with E-state index >= 15 is 0 Å². The minimum absolute atomic E-state index is 0.123. The largest absolute Gasteiger partial charge is 0.465 e. The highest BCUT2D eigenvalue weighted by atomic mass is 16.5. The molecule has 0 unspecified atom stereocenters. The Kier molecular flexibility index (Phi) is 4.95. The van der Waals surface area contributed by atoms with Crippen LogP contribution in [0.1, 0.15) is 0 Å². The zero-order valence-electron chi connectivity index (χ0n) is 25.2. The van der Waals surface area contributed by atoms with Gasteiger partial charge < -0.3 is 9.47 Å². The summed E-state index contributed by atoms with van der Waals surface area (Å²) in [6.07, 6.45) is 0. The highest BCUT2D eigenvalue weighted by Crippen LogP contribution is 2.35. The minimum atomic E-state index is -0.123. The maximum absolute atomic E-state index is 7.10. The maximum Gasteiger partial charge on any atom is 0.294 e. The lowest BCUT2D eigenvalue weighted by molar-refractivity contribution is 0.485. The smallest absolute Gasteiger partial charge is 0.294 e. The molecule has 0 spiro atoms. The summed E-state index contributed by atoms with van der Waals surface area (Å²) in [5.41, 5.74) is 14.0. The van der Waals surface area contributed by atoms with E-state index in [2.05, 4.69) is 165 Å². The van der Waals surface area contributed by atoms with Gasteiger partial charge in [-0.25, -0.2) is 0 Å². The number of ether oxygens (including phenoxy) is 2. The molecule has 0 bridgehead atoms. The monoisotopic (exact) mass is 601 g/mol. The van der Waals surface area contributed by atoms with Gasteiger partial charge in [-0.2, -0.15) is 0 Å². The zero-order valence-corrected chi connectivity index (χ0v) is 25.2. The van der Waals surface area contributed by atoms with E-state index in [1.165, 1.54) is 27.5 Å². The van der Waals surface area contributed by atoms with Crippen molar-refractivity contribution < 1.29 is 9.47 Å². The van der Waals surface area contributed by atoms with Gasteiger partial charge in [-0.3, -0.25) is 13.7 Å². The van der Waals surface area contributed by atoms with Gasteiger partial charge in [0.15, 0.2) is 11.0 Å². The molecule has 0 saturated heterocycles. The molecule has 0 amide bonds. The second-order valence-electron chi connectivity index (χ2n) is 12.5. The van der Waals surface area contributed by atoms with Gasteiger partial charge in [0.05, 0.1) is 22.4 Å². The van der Waals surface area contributed by atoms with Crippen molar-refractivity contribution in [1.29, 1.82) is 0 Å². The SMILES string of the molecule is c1ccc(B2C3=c4n5c6n(c7ccccc7n4-c4ccccc4O3)-c3ccccc3OC=6B(c3ccccc3)c3cccc2c3-5)cc1. The van der Waals surface area contributed by atoms with E-state index in [0.717, 1.165) is 56.2 Å². The molecule has 5 nitrogen and oxygen atoms in total. The molecular weight excluding hydrogens is 576 g/mol. The maximum atomic E-state index is 7.10. The zero-order chi connectivity index (χ0) is 30.6. The summed E-state index contributed by atoms with van der Waals surface area (Å²) in [6.45, 7) is -0.246. The second kappa shape index (κ2) is 9.24. The van der Waals surface area contributed by atoms with Crippen LogP contribution in [0.5, 0.6) is 11.5 Å². The third-order valence-corrected chi connectivity index (χ3v) is 10.0. The first kappa shape index (κ1) is 25.2. The Bertz CT molecular complexity index is 2480. The molecule has 0 aliphatic carbocycles. The van der Waals surface area contributed by atoms with Crippen LogP contribution in [-0.2, 0) is 0 Å². The molecule has 0 saturated carbocycles. The molecule has 5 heterocycles. The van der Waals surface area contributed by atoms with Crippen molar-refractivity contribution >= 4 is 57.6 Å². The van der Waals surface area contributed by atoms with Crippen molar-refractivity contribution in [3.8, 4) is 28.6 Å². The van der Waals surface area contributed by atoms with Crippen LogP contribution in [0.25, 0.3) is 39.4 Å². The van der Waals surface area contributed by atoms with Crippen LogP contribution in [-0.4, -0.2) is 27.1 Å². The number of para-hydroxylation sites is 7. The molecule has 0 atom stereocenters. The number of nitrogens with zero attached hydrogens (tertiary/aromatic N) is 3. The van der Waals surface area contributed by atoms with Crippen molar-refractivity contribution in [3.63, 3.8) is 0 Å². The summed E-state index contributed by atoms with van der Waals surface area (Å²) in [7, 11) is 0. The quantitative estimate of drug-likeness (QED) is 0.284. The standard InChI is InChI=1S/C40H25B2N3O2/c1-3-14-26(15-4-1)41-28-18-13-19-29-36(28)45-39-37(41)46-34-24-11-9-22-32(34)43(39)30-20-7-8-21-31(30)44-33-23-10-12-25-35(33)47-38(40(44)45)42(29)27-16-5-2-6-17-27/h1-25H. The molecule has 6 aromatic carbocycles. The predicted octanol–water partition coefficient (Wildman–Crippen LogP) is 3.66. The van der Waals surface area contributed by atoms with Crippen LogP contribution in [0.3, 0.4) is 0 Å². The van der Waals surface area contributed by atoms with E-state index in [-0.39, 0.29) is 13.4 Å². The first-order valence-electron chi connectivity index (χ1n) is 16.1. The van der Waals surface area contributed by atoms with E-state index in [1.54, 1.807) is 0 Å². The highest BCUT2D eigenvalue weighted by Gasteiger charge is 2.45. The number of aromatic nitrogens is 3. The Balaban J connectivity index is 1.48. The molecule has 4 aliphatic rings. The molecule has 1 aromatic heterocycles. The molecule has 0 radical (unpaired) electrons.